The van der Waals surface area contributed by atoms with Gasteiger partial charge in [-0.1, -0.05) is 103 Å². The molecule has 75 heavy (non-hydrogen) atoms. The molecule has 2 amide bonds. The highest BCUT2D eigenvalue weighted by Crippen LogP contribution is 2.36. The molecule has 13 nitrogen and oxygen atoms in total. The standard InChI is InChI=1S/C61H66ClN3O10/c1-5-72-60(68)41-75-56-36-57(74-40-48-16-13-17-51(42(48)2)46-14-7-6-8-15-46)52(62)35-49(56)38-65-33-12-10-18-53(65)61(69)63-32-11-9-19-59(67)64-37-44-20-22-45(23-21-44)39-73-55-31-25-43(34-58(55)71-4)24-30-54(66)47-26-28-50(70-3)29-27-47/h6-8,13-17,20-31,34-36,53H,5,9-12,18-19,32-33,37-41H2,1-4H3,(H,63,69)(H,64,67)/b30-24+. The molecule has 6 aromatic carbocycles. The summed E-state index contributed by atoms with van der Waals surface area (Å²) in [7, 11) is 3.15. The minimum atomic E-state index is -0.495. The molecule has 0 bridgehead atoms. The van der Waals surface area contributed by atoms with E-state index in [1.165, 1.54) is 6.08 Å². The molecule has 1 fully saturated rings. The Morgan fingerprint density at radius 2 is 1.49 bits per heavy atom. The van der Waals surface area contributed by atoms with Crippen molar-refractivity contribution in [3.8, 4) is 39.9 Å². The molecular weight excluding hydrogens is 970 g/mol. The van der Waals surface area contributed by atoms with Crippen LogP contribution in [0.25, 0.3) is 17.2 Å². The molecule has 6 aromatic rings. The fourth-order valence-electron chi connectivity index (χ4n) is 8.78. The van der Waals surface area contributed by atoms with Crippen LogP contribution in [0.3, 0.4) is 0 Å². The van der Waals surface area contributed by atoms with E-state index in [2.05, 4.69) is 40.7 Å². The van der Waals surface area contributed by atoms with Crippen molar-refractivity contribution in [1.29, 1.82) is 0 Å². The Kier molecular flexibility index (Phi) is 20.7. The number of halogens is 1. The SMILES string of the molecule is CCOC(=O)COc1cc(OCc2cccc(-c3ccccc3)c2C)c(Cl)cc1CN1CCCCC1C(=O)NCCCCC(=O)NCc1ccc(COc2ccc(/C=C/C(=O)c3ccc(OC)cc3)cc2OC)cc1. The number of likely N-dealkylation sites (tertiary alicyclic amines) is 1. The van der Waals surface area contributed by atoms with Crippen LogP contribution in [-0.4, -0.2) is 75.0 Å². The summed E-state index contributed by atoms with van der Waals surface area (Å²) in [5, 5.41) is 6.50. The Morgan fingerprint density at radius 1 is 0.720 bits per heavy atom. The van der Waals surface area contributed by atoms with E-state index in [4.69, 9.17) is 40.0 Å². The van der Waals surface area contributed by atoms with E-state index in [9.17, 15) is 19.2 Å². The molecule has 1 saturated heterocycles. The molecule has 1 aliphatic heterocycles. The summed E-state index contributed by atoms with van der Waals surface area (Å²) in [5.41, 5.74) is 8.32. The smallest absolute Gasteiger partial charge is 0.344 e. The van der Waals surface area contributed by atoms with E-state index in [0.29, 0.717) is 97.8 Å². The number of nitrogens with one attached hydrogen (secondary N) is 2. The first-order valence-electron chi connectivity index (χ1n) is 25.4. The van der Waals surface area contributed by atoms with Crippen molar-refractivity contribution in [2.24, 2.45) is 0 Å². The number of carbonyl (C=O) groups is 4. The number of allylic oxidation sites excluding steroid dienone is 1. The van der Waals surface area contributed by atoms with Gasteiger partial charge in [-0.05, 0) is 134 Å². The highest BCUT2D eigenvalue weighted by Gasteiger charge is 2.30. The second kappa shape index (κ2) is 28.2. The molecule has 0 saturated carbocycles. The van der Waals surface area contributed by atoms with Crippen molar-refractivity contribution in [1.82, 2.24) is 15.5 Å². The van der Waals surface area contributed by atoms with Crippen LogP contribution >= 0.6 is 11.6 Å². The summed E-state index contributed by atoms with van der Waals surface area (Å²) in [5.74, 6) is 1.89. The van der Waals surface area contributed by atoms with Crippen molar-refractivity contribution in [2.45, 2.75) is 84.7 Å². The number of nitrogens with zero attached hydrogens (tertiary/aromatic N) is 1. The van der Waals surface area contributed by atoms with Crippen LogP contribution in [0.1, 0.15) is 89.2 Å². The maximum absolute atomic E-state index is 13.7. The van der Waals surface area contributed by atoms with Gasteiger partial charge < -0.3 is 39.1 Å². The molecule has 1 unspecified atom stereocenters. The lowest BCUT2D eigenvalue weighted by molar-refractivity contribution is -0.145. The van der Waals surface area contributed by atoms with E-state index in [1.807, 2.05) is 72.8 Å². The van der Waals surface area contributed by atoms with Gasteiger partial charge >= 0.3 is 5.97 Å². The van der Waals surface area contributed by atoms with Gasteiger partial charge in [0.15, 0.2) is 23.9 Å². The number of ketones is 1. The van der Waals surface area contributed by atoms with Gasteiger partial charge in [-0.2, -0.15) is 0 Å². The molecule has 1 heterocycles. The predicted octanol–water partition coefficient (Wildman–Crippen LogP) is 11.3. The monoisotopic (exact) mass is 1040 g/mol. The molecule has 1 aliphatic rings. The van der Waals surface area contributed by atoms with Crippen molar-refractivity contribution >= 4 is 41.2 Å². The number of amides is 2. The second-order valence-electron chi connectivity index (χ2n) is 18.2. The largest absolute Gasteiger partial charge is 0.497 e. The number of benzene rings is 6. The fourth-order valence-corrected chi connectivity index (χ4v) is 9.02. The molecule has 14 heteroatoms. The summed E-state index contributed by atoms with van der Waals surface area (Å²) in [6.07, 6.45) is 7.39. The molecule has 0 aliphatic carbocycles. The zero-order valence-electron chi connectivity index (χ0n) is 43.2. The van der Waals surface area contributed by atoms with E-state index in [0.717, 1.165) is 57.3 Å². The first-order valence-corrected chi connectivity index (χ1v) is 25.8. The Labute approximate surface area is 445 Å². The maximum Gasteiger partial charge on any atom is 0.344 e. The Balaban J connectivity index is 0.844. The first kappa shape index (κ1) is 55.1. The molecule has 0 spiro atoms. The number of ether oxygens (including phenoxy) is 6. The van der Waals surface area contributed by atoms with Crippen LogP contribution in [-0.2, 0) is 45.4 Å². The molecule has 0 radical (unpaired) electrons. The molecule has 0 aromatic heterocycles. The number of piperidine rings is 1. The maximum atomic E-state index is 13.7. The zero-order chi connectivity index (χ0) is 52.9. The molecule has 1 atom stereocenters. The van der Waals surface area contributed by atoms with Crippen molar-refractivity contribution in [3.63, 3.8) is 0 Å². The highest BCUT2D eigenvalue weighted by atomic mass is 35.5. The number of carbonyl (C=O) groups excluding carboxylic acids is 4. The summed E-state index contributed by atoms with van der Waals surface area (Å²) < 4.78 is 34.3. The Hall–Kier alpha value is -7.61. The number of methoxy groups -OCH3 is 2. The minimum Gasteiger partial charge on any atom is -0.497 e. The third kappa shape index (κ3) is 16.2. The van der Waals surface area contributed by atoms with E-state index in [1.54, 1.807) is 63.6 Å². The highest BCUT2D eigenvalue weighted by molar-refractivity contribution is 6.32. The number of esters is 1. The lowest BCUT2D eigenvalue weighted by Crippen LogP contribution is -2.49. The lowest BCUT2D eigenvalue weighted by Gasteiger charge is -2.35. The van der Waals surface area contributed by atoms with E-state index >= 15 is 0 Å². The van der Waals surface area contributed by atoms with E-state index in [-0.39, 0.29) is 43.5 Å². The topological polar surface area (TPSA) is 151 Å². The molecular formula is C61H66ClN3O10. The van der Waals surface area contributed by atoms with Crippen molar-refractivity contribution in [2.75, 3.05) is 40.5 Å². The summed E-state index contributed by atoms with van der Waals surface area (Å²) >= 11 is 6.89. The Bertz CT molecular complexity index is 2890. The zero-order valence-corrected chi connectivity index (χ0v) is 43.9. The van der Waals surface area contributed by atoms with Gasteiger partial charge in [0.05, 0.1) is 31.9 Å². The number of unbranched alkanes of at least 4 members (excludes halogenated alkanes) is 1. The average molecular weight is 1040 g/mol. The number of hydrogen-bond donors (Lipinski definition) is 2. The van der Waals surface area contributed by atoms with Gasteiger partial charge in [0.2, 0.25) is 11.8 Å². The molecule has 7 rings (SSSR count). The summed E-state index contributed by atoms with van der Waals surface area (Å²) in [6.45, 7) is 6.22. The van der Waals surface area contributed by atoms with Crippen molar-refractivity contribution in [3.05, 3.63) is 177 Å². The Morgan fingerprint density at radius 3 is 2.25 bits per heavy atom. The van der Waals surface area contributed by atoms with Gasteiger partial charge in [-0.15, -0.1) is 0 Å². The minimum absolute atomic E-state index is 0.0638. The quantitative estimate of drug-likeness (QED) is 0.0231. The number of hydrogen-bond acceptors (Lipinski definition) is 11. The van der Waals surface area contributed by atoms with Crippen LogP contribution in [0.15, 0.2) is 133 Å². The van der Waals surface area contributed by atoms with Crippen LogP contribution in [0, 0.1) is 6.92 Å². The predicted molar refractivity (Wildman–Crippen MR) is 291 cm³/mol. The van der Waals surface area contributed by atoms with Crippen LogP contribution in [0.5, 0.6) is 28.7 Å². The third-order valence-electron chi connectivity index (χ3n) is 13.0. The van der Waals surface area contributed by atoms with Gasteiger partial charge in [0.1, 0.15) is 30.5 Å². The van der Waals surface area contributed by atoms with Gasteiger partial charge in [0.25, 0.3) is 0 Å². The molecule has 392 valence electrons. The number of rotatable bonds is 26. The van der Waals surface area contributed by atoms with Gasteiger partial charge in [-0.25, -0.2) is 4.79 Å². The third-order valence-corrected chi connectivity index (χ3v) is 13.3. The normalized spacial score (nSPS) is 13.4. The van der Waals surface area contributed by atoms with Gasteiger partial charge in [0, 0.05) is 43.2 Å². The average Bonchev–Trinajstić information content (AvgIpc) is 3.43. The molecule has 2 N–H and O–H groups in total. The van der Waals surface area contributed by atoms with Crippen LogP contribution < -0.4 is 34.3 Å². The van der Waals surface area contributed by atoms with Gasteiger partial charge in [-0.3, -0.25) is 19.3 Å². The summed E-state index contributed by atoms with van der Waals surface area (Å²) in [4.78, 5) is 53.7. The summed E-state index contributed by atoms with van der Waals surface area (Å²) in [6, 6.07) is 39.7. The second-order valence-corrected chi connectivity index (χ2v) is 18.6. The fraction of sp³-hybridized carbons (Fsp3) is 0.311. The van der Waals surface area contributed by atoms with Crippen LogP contribution in [0.2, 0.25) is 5.02 Å². The van der Waals surface area contributed by atoms with Crippen molar-refractivity contribution < 1.29 is 47.6 Å². The van der Waals surface area contributed by atoms with Crippen LogP contribution in [0.4, 0.5) is 0 Å². The lowest BCUT2D eigenvalue weighted by atomic mass is 9.97. The first-order chi connectivity index (χ1) is 36.5. The van der Waals surface area contributed by atoms with E-state index < -0.39 is 5.97 Å².